The number of aliphatic hydroxyl groups excluding tert-OH is 3. The summed E-state index contributed by atoms with van der Waals surface area (Å²) >= 11 is 0. The Morgan fingerprint density at radius 1 is 1.00 bits per heavy atom. The van der Waals surface area contributed by atoms with E-state index < -0.39 is 30.3 Å². The molecule has 1 amide bonds. The van der Waals surface area contributed by atoms with Crippen LogP contribution in [0.15, 0.2) is 42.5 Å². The van der Waals surface area contributed by atoms with E-state index in [1.165, 1.54) is 11.6 Å². The van der Waals surface area contributed by atoms with Crippen LogP contribution >= 0.6 is 0 Å². The summed E-state index contributed by atoms with van der Waals surface area (Å²) in [5, 5.41) is 58.2. The van der Waals surface area contributed by atoms with Gasteiger partial charge in [-0.3, -0.25) is 4.79 Å². The molecule has 0 spiro atoms. The van der Waals surface area contributed by atoms with Crippen LogP contribution in [-0.4, -0.2) is 80.9 Å². The van der Waals surface area contributed by atoms with Crippen LogP contribution in [0.1, 0.15) is 24.2 Å². The van der Waals surface area contributed by atoms with Gasteiger partial charge in [0.05, 0.1) is 18.9 Å². The number of carbonyl (C=O) groups is 3. The molecule has 35 heavy (non-hydrogen) atoms. The molecule has 0 unspecified atom stereocenters. The molecular formula is C23H30N2O10. The number of carboxylic acid groups (broad SMARTS) is 2. The van der Waals surface area contributed by atoms with Crippen molar-refractivity contribution in [2.24, 2.45) is 0 Å². The number of phenols is 1. The average Bonchev–Trinajstić information content (AvgIpc) is 2.83. The Bertz CT molecular complexity index is 949. The number of anilines is 1. The van der Waals surface area contributed by atoms with Crippen molar-refractivity contribution < 1.29 is 49.8 Å². The van der Waals surface area contributed by atoms with Crippen molar-refractivity contribution in [3.8, 4) is 11.5 Å². The summed E-state index contributed by atoms with van der Waals surface area (Å²) in [7, 11) is 1.64. The maximum absolute atomic E-state index is 10.5. The summed E-state index contributed by atoms with van der Waals surface area (Å²) in [5.41, 5.74) is 2.07. The number of aliphatic carboxylic acids is 2. The van der Waals surface area contributed by atoms with E-state index in [-0.39, 0.29) is 17.5 Å². The monoisotopic (exact) mass is 494 g/mol. The number of phenolic OH excluding ortho intramolecular Hbond substituents is 1. The third-order valence-corrected chi connectivity index (χ3v) is 4.79. The molecule has 0 aromatic heterocycles. The molecule has 0 bridgehead atoms. The van der Waals surface area contributed by atoms with Gasteiger partial charge in [-0.05, 0) is 48.7 Å². The Kier molecular flexibility index (Phi) is 12.2. The van der Waals surface area contributed by atoms with Crippen LogP contribution in [0.5, 0.6) is 11.5 Å². The van der Waals surface area contributed by atoms with Crippen molar-refractivity contribution >= 4 is 24.0 Å². The molecule has 2 rings (SSSR count). The van der Waals surface area contributed by atoms with Gasteiger partial charge in [0.2, 0.25) is 6.41 Å². The number of aromatic hydroxyl groups is 1. The minimum absolute atomic E-state index is 0.0381. The van der Waals surface area contributed by atoms with E-state index in [0.29, 0.717) is 18.5 Å². The molecule has 0 heterocycles. The van der Waals surface area contributed by atoms with Crippen molar-refractivity contribution in [1.29, 1.82) is 0 Å². The SMILES string of the molecule is COc1ccc(C[C@@H](C)NC[C@@H](O)c2ccc(O)c(NC=O)c2)cc1.O=C(O)[C@@H](O)[C@H](O)C(=O)O. The number of ether oxygens (including phenoxy) is 1. The third kappa shape index (κ3) is 9.98. The number of carboxylic acids is 2. The highest BCUT2D eigenvalue weighted by molar-refractivity contribution is 5.83. The quantitative estimate of drug-likeness (QED) is 0.147. The molecule has 2 aromatic carbocycles. The lowest BCUT2D eigenvalue weighted by Gasteiger charge is -2.18. The van der Waals surface area contributed by atoms with E-state index in [0.717, 1.165) is 12.2 Å². The summed E-state index contributed by atoms with van der Waals surface area (Å²) in [5.74, 6) is -2.75. The van der Waals surface area contributed by atoms with Crippen molar-refractivity contribution in [3.05, 3.63) is 53.6 Å². The summed E-state index contributed by atoms with van der Waals surface area (Å²) in [6.45, 7) is 2.41. The number of aliphatic hydroxyl groups is 3. The number of rotatable bonds is 12. The predicted octanol–water partition coefficient (Wildman–Crippen LogP) is 0.101. The van der Waals surface area contributed by atoms with Gasteiger partial charge in [-0.15, -0.1) is 0 Å². The second-order valence-electron chi connectivity index (χ2n) is 7.48. The van der Waals surface area contributed by atoms with Gasteiger partial charge in [-0.25, -0.2) is 9.59 Å². The second-order valence-corrected chi connectivity index (χ2v) is 7.48. The summed E-state index contributed by atoms with van der Waals surface area (Å²) in [6, 6.07) is 12.7. The minimum Gasteiger partial charge on any atom is -0.506 e. The zero-order valence-corrected chi connectivity index (χ0v) is 19.2. The van der Waals surface area contributed by atoms with E-state index in [2.05, 4.69) is 10.6 Å². The molecule has 2 aromatic rings. The first kappa shape index (κ1) is 29.3. The molecule has 0 saturated carbocycles. The number of hydrogen-bond donors (Lipinski definition) is 8. The zero-order valence-electron chi connectivity index (χ0n) is 19.2. The molecule has 0 radical (unpaired) electrons. The first-order chi connectivity index (χ1) is 16.5. The smallest absolute Gasteiger partial charge is 0.335 e. The standard InChI is InChI=1S/C19H24N2O4.C4H6O6/c1-13(9-14-3-6-16(25-2)7-4-14)20-11-19(24)15-5-8-18(23)17(10-15)21-12-22;5-1(3(7)8)2(6)4(9)10/h3-8,10,12-13,19-20,23-24H,9,11H2,1-2H3,(H,21,22);1-2,5-6H,(H,7,8)(H,9,10)/t13-,19-;1-,2-/m10/s1. The highest BCUT2D eigenvalue weighted by Crippen LogP contribution is 2.26. The second kappa shape index (κ2) is 14.5. The van der Waals surface area contributed by atoms with E-state index in [1.807, 2.05) is 31.2 Å². The lowest BCUT2D eigenvalue weighted by Crippen LogP contribution is -2.39. The molecule has 192 valence electrons. The molecule has 0 aliphatic carbocycles. The molecule has 12 nitrogen and oxygen atoms in total. The average molecular weight is 494 g/mol. The van der Waals surface area contributed by atoms with Crippen molar-refractivity contribution in [2.75, 3.05) is 19.0 Å². The molecule has 0 saturated heterocycles. The Balaban J connectivity index is 0.000000518. The number of nitrogens with one attached hydrogen (secondary N) is 2. The van der Waals surface area contributed by atoms with Crippen molar-refractivity contribution in [3.63, 3.8) is 0 Å². The lowest BCUT2D eigenvalue weighted by molar-refractivity contribution is -0.165. The maximum Gasteiger partial charge on any atom is 0.335 e. The van der Waals surface area contributed by atoms with Crippen molar-refractivity contribution in [2.45, 2.75) is 37.7 Å². The molecule has 0 aliphatic heterocycles. The molecule has 0 aliphatic rings. The van der Waals surface area contributed by atoms with E-state index >= 15 is 0 Å². The van der Waals surface area contributed by atoms with Gasteiger partial charge < -0.3 is 46.0 Å². The van der Waals surface area contributed by atoms with Crippen LogP contribution in [0.3, 0.4) is 0 Å². The van der Waals surface area contributed by atoms with Gasteiger partial charge in [0.25, 0.3) is 0 Å². The van der Waals surface area contributed by atoms with Gasteiger partial charge >= 0.3 is 11.9 Å². The highest BCUT2D eigenvalue weighted by atomic mass is 16.5. The van der Waals surface area contributed by atoms with Crippen LogP contribution in [-0.2, 0) is 20.8 Å². The maximum atomic E-state index is 10.5. The largest absolute Gasteiger partial charge is 0.506 e. The fraction of sp³-hybridized carbons (Fsp3) is 0.348. The summed E-state index contributed by atoms with van der Waals surface area (Å²) in [4.78, 5) is 30.1. The fourth-order valence-corrected chi connectivity index (χ4v) is 2.83. The van der Waals surface area contributed by atoms with Gasteiger partial charge in [-0.2, -0.15) is 0 Å². The molecule has 0 fully saturated rings. The van der Waals surface area contributed by atoms with E-state index in [9.17, 15) is 24.6 Å². The number of hydrogen-bond acceptors (Lipinski definition) is 9. The van der Waals surface area contributed by atoms with Gasteiger partial charge in [0, 0.05) is 12.6 Å². The molecule has 4 atom stereocenters. The summed E-state index contributed by atoms with van der Waals surface area (Å²) in [6.07, 6.45) is -3.97. The first-order valence-electron chi connectivity index (χ1n) is 10.4. The van der Waals surface area contributed by atoms with Gasteiger partial charge in [-0.1, -0.05) is 18.2 Å². The number of benzene rings is 2. The summed E-state index contributed by atoms with van der Waals surface area (Å²) < 4.78 is 5.14. The normalized spacial score (nSPS) is 13.9. The molecular weight excluding hydrogens is 464 g/mol. The highest BCUT2D eigenvalue weighted by Gasteiger charge is 2.29. The van der Waals surface area contributed by atoms with Crippen LogP contribution < -0.4 is 15.4 Å². The van der Waals surface area contributed by atoms with Gasteiger partial charge in [0.1, 0.15) is 11.5 Å². The number of methoxy groups -OCH3 is 1. The Hall–Kier alpha value is -3.71. The van der Waals surface area contributed by atoms with Crippen LogP contribution in [0.2, 0.25) is 0 Å². The van der Waals surface area contributed by atoms with Crippen LogP contribution in [0.25, 0.3) is 0 Å². The first-order valence-corrected chi connectivity index (χ1v) is 10.4. The predicted molar refractivity (Wildman–Crippen MR) is 124 cm³/mol. The minimum atomic E-state index is -2.27. The number of carbonyl (C=O) groups excluding carboxylic acids is 1. The zero-order chi connectivity index (χ0) is 26.5. The van der Waals surface area contributed by atoms with Crippen LogP contribution in [0.4, 0.5) is 5.69 Å². The Morgan fingerprint density at radius 3 is 2.06 bits per heavy atom. The molecule has 12 heteroatoms. The van der Waals surface area contributed by atoms with Crippen LogP contribution in [0, 0.1) is 0 Å². The lowest BCUT2D eigenvalue weighted by atomic mass is 10.1. The van der Waals surface area contributed by atoms with E-state index in [4.69, 9.17) is 25.2 Å². The Morgan fingerprint density at radius 2 is 1.57 bits per heavy atom. The van der Waals surface area contributed by atoms with Crippen molar-refractivity contribution in [1.82, 2.24) is 5.32 Å². The topological polar surface area (TPSA) is 206 Å². The van der Waals surface area contributed by atoms with Gasteiger partial charge in [0.15, 0.2) is 12.2 Å². The number of amides is 1. The fourth-order valence-electron chi connectivity index (χ4n) is 2.83. The molecule has 8 N–H and O–H groups in total. The Labute approximate surface area is 201 Å². The third-order valence-electron chi connectivity index (χ3n) is 4.79. The van der Waals surface area contributed by atoms with E-state index in [1.54, 1.807) is 19.2 Å².